The molecule has 1 saturated heterocycles. The molecule has 1 unspecified atom stereocenters. The molecule has 3 nitrogen and oxygen atoms in total. The van der Waals surface area contributed by atoms with Crippen molar-refractivity contribution in [2.45, 2.75) is 20.3 Å². The van der Waals surface area contributed by atoms with Crippen molar-refractivity contribution in [2.24, 2.45) is 11.3 Å². The van der Waals surface area contributed by atoms with Crippen molar-refractivity contribution < 1.29 is 12.3 Å². The highest BCUT2D eigenvalue weighted by atomic mass is 32.3. The highest BCUT2D eigenvalue weighted by molar-refractivity contribution is 7.86. The Morgan fingerprint density at radius 2 is 2.15 bits per heavy atom. The van der Waals surface area contributed by atoms with Crippen LogP contribution < -0.4 is 5.32 Å². The Morgan fingerprint density at radius 1 is 1.54 bits per heavy atom. The zero-order valence-electron chi connectivity index (χ0n) is 8.01. The maximum atomic E-state index is 12.5. The van der Waals surface area contributed by atoms with Gasteiger partial charge in [-0.05, 0) is 30.8 Å². The molecule has 5 heteroatoms. The van der Waals surface area contributed by atoms with E-state index in [-0.39, 0.29) is 17.1 Å². The molecule has 1 rings (SSSR count). The lowest BCUT2D eigenvalue weighted by Gasteiger charge is -2.38. The van der Waals surface area contributed by atoms with Gasteiger partial charge < -0.3 is 5.32 Å². The molecule has 0 aromatic heterocycles. The molecule has 0 amide bonds. The van der Waals surface area contributed by atoms with Gasteiger partial charge >= 0.3 is 10.2 Å². The van der Waals surface area contributed by atoms with Gasteiger partial charge in [0.25, 0.3) is 0 Å². The molecule has 0 radical (unpaired) electrons. The molecule has 13 heavy (non-hydrogen) atoms. The van der Waals surface area contributed by atoms with Crippen LogP contribution in [0.3, 0.4) is 0 Å². The summed E-state index contributed by atoms with van der Waals surface area (Å²) in [6, 6.07) is 0. The molecule has 1 aliphatic heterocycles. The predicted octanol–water partition coefficient (Wildman–Crippen LogP) is 0.921. The Labute approximate surface area is 78.9 Å². The highest BCUT2D eigenvalue weighted by Crippen LogP contribution is 2.33. The van der Waals surface area contributed by atoms with Crippen LogP contribution in [0.2, 0.25) is 0 Å². The van der Waals surface area contributed by atoms with Gasteiger partial charge in [-0.25, -0.2) is 0 Å². The molecule has 0 aromatic rings. The average molecular weight is 209 g/mol. The van der Waals surface area contributed by atoms with E-state index in [0.717, 1.165) is 13.0 Å². The normalized spacial score (nSPS) is 28.7. The van der Waals surface area contributed by atoms with Crippen molar-refractivity contribution >= 4 is 10.2 Å². The monoisotopic (exact) mass is 209 g/mol. The van der Waals surface area contributed by atoms with E-state index in [2.05, 4.69) is 5.32 Å². The zero-order chi connectivity index (χ0) is 10.1. The predicted molar refractivity (Wildman–Crippen MR) is 49.7 cm³/mol. The number of nitrogens with one attached hydrogen (secondary N) is 1. The van der Waals surface area contributed by atoms with Gasteiger partial charge in [0.15, 0.2) is 0 Å². The fourth-order valence-electron chi connectivity index (χ4n) is 1.69. The van der Waals surface area contributed by atoms with Crippen molar-refractivity contribution in [3.8, 4) is 0 Å². The Kier molecular flexibility index (Phi) is 2.97. The third-order valence-corrected chi connectivity index (χ3v) is 3.64. The van der Waals surface area contributed by atoms with Crippen LogP contribution in [0, 0.1) is 11.3 Å². The topological polar surface area (TPSA) is 46.2 Å². The lowest BCUT2D eigenvalue weighted by Crippen LogP contribution is -2.44. The van der Waals surface area contributed by atoms with Gasteiger partial charge in [-0.2, -0.15) is 8.42 Å². The van der Waals surface area contributed by atoms with Gasteiger partial charge in [0.1, 0.15) is 0 Å². The number of halogens is 1. The quantitative estimate of drug-likeness (QED) is 0.688. The van der Waals surface area contributed by atoms with Crippen molar-refractivity contribution in [3.05, 3.63) is 0 Å². The fourth-order valence-corrected chi connectivity index (χ4v) is 2.74. The molecular formula is C8H16FNO2S. The molecular weight excluding hydrogens is 193 g/mol. The first-order chi connectivity index (χ1) is 5.81. The van der Waals surface area contributed by atoms with E-state index in [1.54, 1.807) is 0 Å². The summed E-state index contributed by atoms with van der Waals surface area (Å²) in [5, 5.41) is 3.08. The first-order valence-electron chi connectivity index (χ1n) is 4.44. The standard InChI is InChI=1S/C8H16FNO2S/c1-8(2)3-4-10-5-7(8)6-13(9,11)12/h7,10H,3-6H2,1-2H3. The molecule has 1 atom stereocenters. The summed E-state index contributed by atoms with van der Waals surface area (Å²) in [5.41, 5.74) is -0.0790. The van der Waals surface area contributed by atoms with Crippen LogP contribution in [0.4, 0.5) is 3.89 Å². The van der Waals surface area contributed by atoms with Crippen molar-refractivity contribution in [3.63, 3.8) is 0 Å². The largest absolute Gasteiger partial charge is 0.316 e. The summed E-state index contributed by atoms with van der Waals surface area (Å²) < 4.78 is 33.4. The molecule has 0 bridgehead atoms. The smallest absolute Gasteiger partial charge is 0.302 e. The second-order valence-corrected chi connectivity index (χ2v) is 5.76. The maximum Gasteiger partial charge on any atom is 0.302 e. The van der Waals surface area contributed by atoms with E-state index >= 15 is 0 Å². The molecule has 1 aliphatic rings. The Balaban J connectivity index is 2.67. The number of hydrogen-bond acceptors (Lipinski definition) is 3. The van der Waals surface area contributed by atoms with Crippen LogP contribution >= 0.6 is 0 Å². The third kappa shape index (κ3) is 3.23. The zero-order valence-corrected chi connectivity index (χ0v) is 8.82. The van der Waals surface area contributed by atoms with Crippen LogP contribution in [0.15, 0.2) is 0 Å². The van der Waals surface area contributed by atoms with Gasteiger partial charge in [0.2, 0.25) is 0 Å². The van der Waals surface area contributed by atoms with E-state index in [1.807, 2.05) is 13.8 Å². The van der Waals surface area contributed by atoms with E-state index in [9.17, 15) is 12.3 Å². The van der Waals surface area contributed by atoms with Crippen molar-refractivity contribution in [1.82, 2.24) is 5.32 Å². The minimum atomic E-state index is -4.33. The number of hydrogen-bond donors (Lipinski definition) is 1. The molecule has 78 valence electrons. The molecule has 1 heterocycles. The first kappa shape index (κ1) is 10.9. The van der Waals surface area contributed by atoms with Gasteiger partial charge in [-0.1, -0.05) is 13.8 Å². The van der Waals surface area contributed by atoms with Crippen LogP contribution in [0.25, 0.3) is 0 Å². The molecule has 0 aromatic carbocycles. The van der Waals surface area contributed by atoms with Crippen molar-refractivity contribution in [2.75, 3.05) is 18.8 Å². The van der Waals surface area contributed by atoms with Gasteiger partial charge in [-0.15, -0.1) is 3.89 Å². The summed E-state index contributed by atoms with van der Waals surface area (Å²) >= 11 is 0. The second kappa shape index (κ2) is 3.53. The Hall–Kier alpha value is -0.160. The summed E-state index contributed by atoms with van der Waals surface area (Å²) in [4.78, 5) is 0. The van der Waals surface area contributed by atoms with E-state index in [0.29, 0.717) is 6.54 Å². The first-order valence-corrected chi connectivity index (χ1v) is 5.99. The lowest BCUT2D eigenvalue weighted by atomic mass is 9.75. The van der Waals surface area contributed by atoms with Crippen LogP contribution in [0.5, 0.6) is 0 Å². The summed E-state index contributed by atoms with van der Waals surface area (Å²) in [6.07, 6.45) is 0.896. The number of piperidine rings is 1. The molecule has 0 saturated carbocycles. The Bertz CT molecular complexity index is 274. The SMILES string of the molecule is CC1(C)CCNCC1CS(=O)(=O)F. The van der Waals surface area contributed by atoms with Gasteiger partial charge in [0.05, 0.1) is 5.75 Å². The molecule has 1 N–H and O–H groups in total. The summed E-state index contributed by atoms with van der Waals surface area (Å²) in [7, 11) is -4.33. The second-order valence-electron chi connectivity index (χ2n) is 4.35. The van der Waals surface area contributed by atoms with Gasteiger partial charge in [0, 0.05) is 0 Å². The molecule has 0 aliphatic carbocycles. The maximum absolute atomic E-state index is 12.5. The van der Waals surface area contributed by atoms with E-state index in [1.165, 1.54) is 0 Å². The number of rotatable bonds is 2. The fraction of sp³-hybridized carbons (Fsp3) is 1.00. The Morgan fingerprint density at radius 3 is 2.62 bits per heavy atom. The lowest BCUT2D eigenvalue weighted by molar-refractivity contribution is 0.170. The minimum Gasteiger partial charge on any atom is -0.316 e. The van der Waals surface area contributed by atoms with Crippen LogP contribution in [-0.2, 0) is 10.2 Å². The van der Waals surface area contributed by atoms with Gasteiger partial charge in [-0.3, -0.25) is 0 Å². The highest BCUT2D eigenvalue weighted by Gasteiger charge is 2.35. The molecule has 0 spiro atoms. The van der Waals surface area contributed by atoms with E-state index in [4.69, 9.17) is 0 Å². The van der Waals surface area contributed by atoms with Crippen molar-refractivity contribution in [1.29, 1.82) is 0 Å². The minimum absolute atomic E-state index is 0.0790. The van der Waals surface area contributed by atoms with Crippen LogP contribution in [0.1, 0.15) is 20.3 Å². The summed E-state index contributed by atoms with van der Waals surface area (Å²) in [5.74, 6) is -0.469. The third-order valence-electron chi connectivity index (χ3n) is 2.84. The van der Waals surface area contributed by atoms with E-state index < -0.39 is 10.2 Å². The summed E-state index contributed by atoms with van der Waals surface area (Å²) in [6.45, 7) is 5.46. The van der Waals surface area contributed by atoms with Crippen LogP contribution in [-0.4, -0.2) is 27.3 Å². The average Bonchev–Trinajstić information content (AvgIpc) is 1.91. The molecule has 1 fully saturated rings.